The molecule has 30 heavy (non-hydrogen) atoms. The molecule has 0 aromatic carbocycles. The number of aldehydes is 1. The quantitative estimate of drug-likeness (QED) is 0.127. The maximum Gasteiger partial charge on any atom is 0.178 e. The second-order valence-electron chi connectivity index (χ2n) is 5.65. The van der Waals surface area contributed by atoms with Gasteiger partial charge in [0.05, 0.1) is 13.1 Å². The molecule has 3 amide bonds. The van der Waals surface area contributed by atoms with Crippen molar-refractivity contribution in [1.29, 1.82) is 0 Å². The Balaban J connectivity index is -0.000000230. The SMILES string of the molecule is CCCCC(NC(=O)CNC(=O)CNC)C(N)=O.CCCN.C[CH2][Sb].[B]NCC=O. The summed E-state index contributed by atoms with van der Waals surface area (Å²) in [6.07, 6.45) is 4.03. The number of hydrogen-bond donors (Lipinski definition) is 6. The van der Waals surface area contributed by atoms with E-state index >= 15 is 0 Å². The fourth-order valence-electron chi connectivity index (χ4n) is 1.39. The Hall–Kier alpha value is -1.16. The topological polar surface area (TPSA) is 168 Å². The summed E-state index contributed by atoms with van der Waals surface area (Å²) in [4.78, 5) is 42.9. The maximum absolute atomic E-state index is 11.5. The standard InChI is InChI=1S/C11H22N4O3.C3H9N.C2H4BNO.C2H5.Sb/c1-3-4-5-8(11(12)18)15-10(17)7-14-9(16)6-13-2;1-2-3-4;3-4-1-2-5;1-2;/h8,13H,3-7H2,1-2H3,(H2,12,18)(H,14,16)(H,15,17);2-4H2,1H3;2,4H,1H2;1H2,2H3;. The molecule has 4 radical (unpaired) electrons. The molecule has 0 aliphatic carbocycles. The number of amides is 3. The second kappa shape index (κ2) is 32.5. The van der Waals surface area contributed by atoms with E-state index in [1.165, 1.54) is 4.37 Å². The number of rotatable bonds is 12. The smallest absolute Gasteiger partial charge is 0.178 e. The predicted molar refractivity (Wildman–Crippen MR) is 123 cm³/mol. The summed E-state index contributed by atoms with van der Waals surface area (Å²) < 4.78 is 1.30. The molecule has 0 saturated heterocycles. The Kier molecular flexibility index (Phi) is 39.3. The zero-order valence-corrected chi connectivity index (χ0v) is 21.4. The van der Waals surface area contributed by atoms with Crippen LogP contribution in [0, 0.1) is 0 Å². The summed E-state index contributed by atoms with van der Waals surface area (Å²) in [7, 11) is 6.29. The van der Waals surface area contributed by atoms with Crippen LogP contribution >= 0.6 is 0 Å². The molecule has 0 rings (SSSR count). The average Bonchev–Trinajstić information content (AvgIpc) is 2.71. The molecule has 10 nitrogen and oxygen atoms in total. The first-order valence-electron chi connectivity index (χ1n) is 9.93. The van der Waals surface area contributed by atoms with Crippen molar-refractivity contribution in [2.75, 3.05) is 33.2 Å². The first-order chi connectivity index (χ1) is 14.2. The van der Waals surface area contributed by atoms with Gasteiger partial charge in [0.2, 0.25) is 17.7 Å². The van der Waals surface area contributed by atoms with Gasteiger partial charge in [-0.05, 0) is 26.4 Å². The van der Waals surface area contributed by atoms with Gasteiger partial charge in [0.15, 0.2) is 7.98 Å². The number of hydrogen-bond acceptors (Lipinski definition) is 7. The van der Waals surface area contributed by atoms with Crippen LogP contribution in [0.4, 0.5) is 0 Å². The molecule has 0 fully saturated rings. The van der Waals surface area contributed by atoms with Gasteiger partial charge in [-0.15, -0.1) is 0 Å². The normalized spacial score (nSPS) is 9.80. The van der Waals surface area contributed by atoms with E-state index in [0.29, 0.717) is 12.7 Å². The summed E-state index contributed by atoms with van der Waals surface area (Å²) in [5.41, 5.74) is 10.2. The fraction of sp³-hybridized carbons (Fsp3) is 0.778. The van der Waals surface area contributed by atoms with Gasteiger partial charge in [0, 0.05) is 6.54 Å². The van der Waals surface area contributed by atoms with Crippen LogP contribution in [0.5, 0.6) is 0 Å². The van der Waals surface area contributed by atoms with Crippen LogP contribution in [-0.4, -0.2) is 94.3 Å². The van der Waals surface area contributed by atoms with Crippen LogP contribution in [0.3, 0.4) is 0 Å². The van der Waals surface area contributed by atoms with Crippen molar-refractivity contribution >= 4 is 55.0 Å². The molecule has 0 aromatic rings. The molecular weight excluding hydrogens is 497 g/mol. The van der Waals surface area contributed by atoms with Gasteiger partial charge in [-0.25, -0.2) is 0 Å². The van der Waals surface area contributed by atoms with Gasteiger partial charge in [0.25, 0.3) is 0 Å². The van der Waals surface area contributed by atoms with Crippen LogP contribution in [0.15, 0.2) is 0 Å². The van der Waals surface area contributed by atoms with Gasteiger partial charge in [-0.1, -0.05) is 26.7 Å². The van der Waals surface area contributed by atoms with E-state index in [1.807, 2.05) is 29.9 Å². The Morgan fingerprint density at radius 2 is 1.63 bits per heavy atom. The zero-order chi connectivity index (χ0) is 24.2. The second-order valence-corrected chi connectivity index (χ2v) is 7.46. The number of primary amides is 1. The third kappa shape index (κ3) is 37.6. The van der Waals surface area contributed by atoms with Crippen LogP contribution in [0.2, 0.25) is 4.37 Å². The van der Waals surface area contributed by atoms with Crippen LogP contribution < -0.4 is 32.6 Å². The Morgan fingerprint density at radius 3 is 1.93 bits per heavy atom. The molecule has 0 aliphatic rings. The number of carbonyl (C=O) groups excluding carboxylic acids is 4. The van der Waals surface area contributed by atoms with E-state index in [0.717, 1.165) is 25.8 Å². The van der Waals surface area contributed by atoms with Crippen LogP contribution in [-0.2, 0) is 19.2 Å². The zero-order valence-electron chi connectivity index (χ0n) is 18.8. The predicted octanol–water partition coefficient (Wildman–Crippen LogP) is -1.71. The summed E-state index contributed by atoms with van der Waals surface area (Å²) in [6, 6.07) is -0.668. The molecule has 12 heteroatoms. The van der Waals surface area contributed by atoms with Gasteiger partial charge in [-0.2, -0.15) is 0 Å². The van der Waals surface area contributed by atoms with Gasteiger partial charge < -0.3 is 37.4 Å². The van der Waals surface area contributed by atoms with E-state index in [1.54, 1.807) is 7.05 Å². The van der Waals surface area contributed by atoms with Gasteiger partial charge >= 0.3 is 34.3 Å². The first kappa shape index (κ1) is 36.2. The van der Waals surface area contributed by atoms with E-state index in [4.69, 9.17) is 11.5 Å². The van der Waals surface area contributed by atoms with Gasteiger partial charge in [0.1, 0.15) is 12.3 Å². The van der Waals surface area contributed by atoms with Crippen molar-refractivity contribution in [3.05, 3.63) is 0 Å². The van der Waals surface area contributed by atoms with Crippen molar-refractivity contribution in [1.82, 2.24) is 21.2 Å². The minimum Gasteiger partial charge on any atom is -0.360 e. The number of carbonyl (C=O) groups is 4. The van der Waals surface area contributed by atoms with E-state index in [-0.39, 0.29) is 25.5 Å². The third-order valence-corrected chi connectivity index (χ3v) is 2.80. The summed E-state index contributed by atoms with van der Waals surface area (Å²) >= 11 is 1.85. The Labute approximate surface area is 196 Å². The minimum absolute atomic E-state index is 0.141. The molecule has 0 heterocycles. The molecular formula is C18H40BN6O4Sb. The van der Waals surface area contributed by atoms with Crippen molar-refractivity contribution in [2.45, 2.75) is 56.9 Å². The Morgan fingerprint density at radius 1 is 1.10 bits per heavy atom. The molecule has 0 bridgehead atoms. The van der Waals surface area contributed by atoms with Crippen LogP contribution in [0.1, 0.15) is 46.5 Å². The third-order valence-electron chi connectivity index (χ3n) is 2.80. The largest absolute Gasteiger partial charge is 0.360 e. The molecule has 8 N–H and O–H groups in total. The molecule has 0 saturated carbocycles. The number of likely N-dealkylation sites (N-methyl/N-ethyl adjacent to an activating group) is 1. The molecule has 0 aliphatic heterocycles. The maximum atomic E-state index is 11.5. The molecule has 1 atom stereocenters. The number of nitrogens with one attached hydrogen (secondary N) is 4. The monoisotopic (exact) mass is 536 g/mol. The number of nitrogens with two attached hydrogens (primary N) is 2. The van der Waals surface area contributed by atoms with Crippen molar-refractivity contribution < 1.29 is 19.2 Å². The fourth-order valence-corrected chi connectivity index (χ4v) is 1.39. The first-order valence-corrected chi connectivity index (χ1v) is 11.7. The molecule has 0 spiro atoms. The summed E-state index contributed by atoms with van der Waals surface area (Å²) in [6.45, 7) is 7.23. The molecule has 174 valence electrons. The van der Waals surface area contributed by atoms with E-state index in [9.17, 15) is 19.2 Å². The summed E-state index contributed by atoms with van der Waals surface area (Å²) in [5, 5.41) is 9.73. The molecule has 1 unspecified atom stereocenters. The van der Waals surface area contributed by atoms with E-state index < -0.39 is 17.9 Å². The summed E-state index contributed by atoms with van der Waals surface area (Å²) in [5.74, 6) is -1.26. The Bertz CT molecular complexity index is 418. The number of unbranched alkanes of at least 4 members (excludes halogenated alkanes) is 1. The van der Waals surface area contributed by atoms with Gasteiger partial charge in [-0.3, -0.25) is 14.4 Å². The van der Waals surface area contributed by atoms with Crippen molar-refractivity contribution in [3.8, 4) is 0 Å². The van der Waals surface area contributed by atoms with Crippen molar-refractivity contribution in [3.63, 3.8) is 0 Å². The molecule has 0 aromatic heterocycles. The van der Waals surface area contributed by atoms with E-state index in [2.05, 4.69) is 43.0 Å². The van der Waals surface area contributed by atoms with Crippen LogP contribution in [0.25, 0.3) is 0 Å². The van der Waals surface area contributed by atoms with Crippen molar-refractivity contribution in [2.24, 2.45) is 11.5 Å². The average molecular weight is 537 g/mol. The minimum atomic E-state index is -0.668.